The molecule has 1 fully saturated rings. The van der Waals surface area contributed by atoms with E-state index in [1.807, 2.05) is 13.8 Å². The summed E-state index contributed by atoms with van der Waals surface area (Å²) in [6.07, 6.45) is 3.26. The van der Waals surface area contributed by atoms with Gasteiger partial charge in [-0.1, -0.05) is 19.4 Å². The molecule has 1 atom stereocenters. The number of rotatable bonds is 7. The molecule has 2 rings (SSSR count). The summed E-state index contributed by atoms with van der Waals surface area (Å²) in [5.74, 6) is -0.141. The van der Waals surface area contributed by atoms with E-state index < -0.39 is 15.8 Å². The van der Waals surface area contributed by atoms with Crippen LogP contribution >= 0.6 is 0 Å². The number of halogens is 1. The van der Waals surface area contributed by atoms with Crippen LogP contribution in [0, 0.1) is 11.7 Å². The van der Waals surface area contributed by atoms with Crippen LogP contribution in [0.1, 0.15) is 38.7 Å². The summed E-state index contributed by atoms with van der Waals surface area (Å²) >= 11 is 0. The lowest BCUT2D eigenvalue weighted by Crippen LogP contribution is -2.41. The van der Waals surface area contributed by atoms with Gasteiger partial charge in [-0.05, 0) is 49.9 Å². The summed E-state index contributed by atoms with van der Waals surface area (Å²) in [7, 11) is -3.69. The van der Waals surface area contributed by atoms with Gasteiger partial charge in [0, 0.05) is 12.6 Å². The van der Waals surface area contributed by atoms with E-state index in [0.29, 0.717) is 18.0 Å². The Morgan fingerprint density at radius 1 is 1.38 bits per heavy atom. The van der Waals surface area contributed by atoms with E-state index in [-0.39, 0.29) is 10.9 Å². The highest BCUT2D eigenvalue weighted by atomic mass is 32.2. The SMILES string of the molecule is CCNCc1ccc(F)cc1S(=O)(=O)NC(C)C1CCC1. The molecule has 2 N–H and O–H groups in total. The fraction of sp³-hybridized carbons (Fsp3) is 0.600. The third kappa shape index (κ3) is 4.02. The molecule has 0 amide bonds. The molecule has 118 valence electrons. The molecule has 21 heavy (non-hydrogen) atoms. The summed E-state index contributed by atoms with van der Waals surface area (Å²) in [5.41, 5.74) is 0.589. The Hall–Kier alpha value is -0.980. The quantitative estimate of drug-likeness (QED) is 0.812. The maximum Gasteiger partial charge on any atom is 0.241 e. The van der Waals surface area contributed by atoms with Gasteiger partial charge < -0.3 is 5.32 Å². The summed E-state index contributed by atoms with van der Waals surface area (Å²) in [6, 6.07) is 3.81. The van der Waals surface area contributed by atoms with E-state index >= 15 is 0 Å². The molecule has 1 unspecified atom stereocenters. The van der Waals surface area contributed by atoms with Crippen molar-refractivity contribution in [3.63, 3.8) is 0 Å². The van der Waals surface area contributed by atoms with E-state index in [1.54, 1.807) is 0 Å². The summed E-state index contributed by atoms with van der Waals surface area (Å²) < 4.78 is 41.2. The maximum atomic E-state index is 13.5. The molecule has 0 radical (unpaired) electrons. The van der Waals surface area contributed by atoms with Gasteiger partial charge in [-0.3, -0.25) is 0 Å². The molecule has 1 aliphatic carbocycles. The molecule has 6 heteroatoms. The molecule has 4 nitrogen and oxygen atoms in total. The molecule has 1 aliphatic rings. The Labute approximate surface area is 126 Å². The Bertz CT molecular complexity index is 585. The molecule has 0 spiro atoms. The third-order valence-corrected chi connectivity index (χ3v) is 5.72. The summed E-state index contributed by atoms with van der Waals surface area (Å²) in [4.78, 5) is 0.0367. The van der Waals surface area contributed by atoms with Gasteiger partial charge in [0.15, 0.2) is 0 Å². The van der Waals surface area contributed by atoms with Crippen molar-refractivity contribution in [3.05, 3.63) is 29.6 Å². The summed E-state index contributed by atoms with van der Waals surface area (Å²) in [6.45, 7) is 4.95. The van der Waals surface area contributed by atoms with Gasteiger partial charge in [-0.15, -0.1) is 0 Å². The van der Waals surface area contributed by atoms with Crippen molar-refractivity contribution in [1.82, 2.24) is 10.0 Å². The van der Waals surface area contributed by atoms with Crippen molar-refractivity contribution >= 4 is 10.0 Å². The topological polar surface area (TPSA) is 58.2 Å². The Morgan fingerprint density at radius 2 is 2.10 bits per heavy atom. The minimum absolute atomic E-state index is 0.0367. The molecule has 1 aromatic carbocycles. The number of hydrogen-bond acceptors (Lipinski definition) is 3. The predicted molar refractivity (Wildman–Crippen MR) is 80.9 cm³/mol. The fourth-order valence-corrected chi connectivity index (χ4v) is 4.09. The highest BCUT2D eigenvalue weighted by Crippen LogP contribution is 2.30. The average Bonchev–Trinajstić information content (AvgIpc) is 2.34. The smallest absolute Gasteiger partial charge is 0.241 e. The van der Waals surface area contributed by atoms with Crippen LogP contribution in [0.25, 0.3) is 0 Å². The largest absolute Gasteiger partial charge is 0.313 e. The van der Waals surface area contributed by atoms with E-state index in [9.17, 15) is 12.8 Å². The van der Waals surface area contributed by atoms with Crippen LogP contribution < -0.4 is 10.0 Å². The second kappa shape index (κ2) is 6.85. The van der Waals surface area contributed by atoms with Crippen molar-refractivity contribution in [2.75, 3.05) is 6.54 Å². The molecule has 0 saturated heterocycles. The minimum Gasteiger partial charge on any atom is -0.313 e. The van der Waals surface area contributed by atoms with Gasteiger partial charge in [0.2, 0.25) is 10.0 Å². The summed E-state index contributed by atoms with van der Waals surface area (Å²) in [5, 5.41) is 3.08. The molecule has 1 aromatic rings. The van der Waals surface area contributed by atoms with Crippen LogP contribution in [0.4, 0.5) is 4.39 Å². The van der Waals surface area contributed by atoms with Crippen LogP contribution in [-0.2, 0) is 16.6 Å². The molecular weight excluding hydrogens is 291 g/mol. The van der Waals surface area contributed by atoms with E-state index in [2.05, 4.69) is 10.0 Å². The number of nitrogens with one attached hydrogen (secondary N) is 2. The number of benzene rings is 1. The minimum atomic E-state index is -3.69. The van der Waals surface area contributed by atoms with Crippen molar-refractivity contribution in [2.45, 2.75) is 50.6 Å². The number of hydrogen-bond donors (Lipinski definition) is 2. The van der Waals surface area contributed by atoms with Gasteiger partial charge >= 0.3 is 0 Å². The lowest BCUT2D eigenvalue weighted by atomic mass is 9.81. The monoisotopic (exact) mass is 314 g/mol. The average molecular weight is 314 g/mol. The van der Waals surface area contributed by atoms with Crippen LogP contribution in [0.5, 0.6) is 0 Å². The molecule has 0 heterocycles. The molecule has 0 aromatic heterocycles. The fourth-order valence-electron chi connectivity index (χ4n) is 2.53. The van der Waals surface area contributed by atoms with Crippen molar-refractivity contribution < 1.29 is 12.8 Å². The van der Waals surface area contributed by atoms with Crippen molar-refractivity contribution in [3.8, 4) is 0 Å². The zero-order valence-corrected chi connectivity index (χ0v) is 13.3. The van der Waals surface area contributed by atoms with Gasteiger partial charge in [0.25, 0.3) is 0 Å². The van der Waals surface area contributed by atoms with Crippen molar-refractivity contribution in [2.24, 2.45) is 5.92 Å². The van der Waals surface area contributed by atoms with Crippen LogP contribution in [0.2, 0.25) is 0 Å². The zero-order valence-electron chi connectivity index (χ0n) is 12.5. The van der Waals surface area contributed by atoms with E-state index in [1.165, 1.54) is 12.1 Å². The highest BCUT2D eigenvalue weighted by molar-refractivity contribution is 7.89. The first-order valence-corrected chi connectivity index (χ1v) is 8.94. The molecular formula is C15H23FN2O2S. The van der Waals surface area contributed by atoms with Gasteiger partial charge in [-0.2, -0.15) is 0 Å². The van der Waals surface area contributed by atoms with Crippen LogP contribution in [0.3, 0.4) is 0 Å². The second-order valence-electron chi connectivity index (χ2n) is 5.63. The van der Waals surface area contributed by atoms with Gasteiger partial charge in [0.05, 0.1) is 4.90 Å². The molecule has 1 saturated carbocycles. The first-order chi connectivity index (χ1) is 9.94. The first kappa shape index (κ1) is 16.4. The second-order valence-corrected chi connectivity index (χ2v) is 7.32. The van der Waals surface area contributed by atoms with E-state index in [0.717, 1.165) is 31.9 Å². The lowest BCUT2D eigenvalue weighted by Gasteiger charge is -2.31. The Kier molecular flexibility index (Phi) is 5.35. The highest BCUT2D eigenvalue weighted by Gasteiger charge is 2.29. The standard InChI is InChI=1S/C15H23FN2O2S/c1-3-17-10-13-7-8-14(16)9-15(13)21(19,20)18-11(2)12-5-4-6-12/h7-9,11-12,17-18H,3-6,10H2,1-2H3. The lowest BCUT2D eigenvalue weighted by molar-refractivity contribution is 0.260. The Balaban J connectivity index is 2.22. The first-order valence-electron chi connectivity index (χ1n) is 7.45. The van der Waals surface area contributed by atoms with E-state index in [4.69, 9.17) is 0 Å². The zero-order chi connectivity index (χ0) is 15.5. The molecule has 0 aliphatic heterocycles. The van der Waals surface area contributed by atoms with Gasteiger partial charge in [0.1, 0.15) is 5.82 Å². The normalized spacial score (nSPS) is 17.5. The van der Waals surface area contributed by atoms with Crippen LogP contribution in [0.15, 0.2) is 23.1 Å². The predicted octanol–water partition coefficient (Wildman–Crippen LogP) is 2.40. The van der Waals surface area contributed by atoms with Crippen LogP contribution in [-0.4, -0.2) is 21.0 Å². The maximum absolute atomic E-state index is 13.5. The van der Waals surface area contributed by atoms with Crippen molar-refractivity contribution in [1.29, 1.82) is 0 Å². The number of sulfonamides is 1. The van der Waals surface area contributed by atoms with Gasteiger partial charge in [-0.25, -0.2) is 17.5 Å². The Morgan fingerprint density at radius 3 is 2.67 bits per heavy atom. The third-order valence-electron chi connectivity index (χ3n) is 4.08. The molecule has 0 bridgehead atoms.